The lowest BCUT2D eigenvalue weighted by molar-refractivity contribution is -0.742. The van der Waals surface area contributed by atoms with E-state index < -0.39 is 10.3 Å². The second-order valence-electron chi connectivity index (χ2n) is 5.56. The van der Waals surface area contributed by atoms with E-state index in [1.165, 1.54) is 0 Å². The van der Waals surface area contributed by atoms with Crippen LogP contribution in [-0.4, -0.2) is 25.8 Å². The molecule has 3 aromatic rings. The number of hydrogen-bond acceptors (Lipinski definition) is 5. The Balaban J connectivity index is 0.000000687. The summed E-state index contributed by atoms with van der Waals surface area (Å²) in [6.45, 7) is 0. The van der Waals surface area contributed by atoms with Crippen molar-refractivity contribution < 1.29 is 15.0 Å². The van der Waals surface area contributed by atoms with Crippen molar-refractivity contribution in [3.63, 3.8) is 0 Å². The monoisotopic (exact) mass is 519 g/mol. The quantitative estimate of drug-likeness (QED) is 0.139. The summed E-state index contributed by atoms with van der Waals surface area (Å²) in [4.78, 5) is 13.6. The first-order valence-electron chi connectivity index (χ1n) is 8.06. The minimum Gasteiger partial charge on any atom is -0.330 e. The van der Waals surface area contributed by atoms with E-state index in [4.69, 9.17) is 43.3 Å². The predicted molar refractivity (Wildman–Crippen MR) is 116 cm³/mol. The lowest BCUT2D eigenvalue weighted by atomic mass is 10.1. The number of hydrogen-bond donors (Lipinski definition) is 1. The van der Waals surface area contributed by atoms with Crippen molar-refractivity contribution >= 4 is 50.9 Å². The van der Waals surface area contributed by atoms with Crippen LogP contribution in [0.2, 0.25) is 5.02 Å². The van der Waals surface area contributed by atoms with Crippen LogP contribution in [0.25, 0.3) is 0 Å². The molecule has 2 aromatic carbocycles. The SMILES string of the molecule is Clc1ccc(CC(Cl)(OCSc2ccc(Br)cc2)n2ccnc2)cc1.O=[N+]([O-])O. The van der Waals surface area contributed by atoms with Crippen molar-refractivity contribution in [2.45, 2.75) is 16.5 Å². The maximum Gasteiger partial charge on any atom is 0.291 e. The molecule has 0 aliphatic heterocycles. The van der Waals surface area contributed by atoms with Crippen LogP contribution in [0.15, 0.2) is 76.6 Å². The molecular weight excluding hydrogens is 505 g/mol. The number of ether oxygens (including phenoxy) is 1. The number of alkyl halides is 1. The van der Waals surface area contributed by atoms with Gasteiger partial charge in [-0.25, -0.2) is 4.98 Å². The molecule has 0 aliphatic carbocycles. The van der Waals surface area contributed by atoms with E-state index >= 15 is 0 Å². The molecular formula is C18H16BrCl2N3O4S. The van der Waals surface area contributed by atoms with Gasteiger partial charge in [-0.05, 0) is 42.0 Å². The van der Waals surface area contributed by atoms with Gasteiger partial charge in [-0.3, -0.25) is 4.57 Å². The van der Waals surface area contributed by atoms with Gasteiger partial charge in [-0.15, -0.1) is 10.1 Å². The number of aromatic nitrogens is 2. The van der Waals surface area contributed by atoms with Crippen LogP contribution in [0.5, 0.6) is 0 Å². The van der Waals surface area contributed by atoms with E-state index in [0.29, 0.717) is 17.4 Å². The third kappa shape index (κ3) is 8.23. The van der Waals surface area contributed by atoms with Crippen LogP contribution in [0.4, 0.5) is 0 Å². The summed E-state index contributed by atoms with van der Waals surface area (Å²) in [6, 6.07) is 15.6. The first kappa shape index (κ1) is 23.5. The zero-order chi connectivity index (χ0) is 21.3. The van der Waals surface area contributed by atoms with Gasteiger partial charge >= 0.3 is 0 Å². The summed E-state index contributed by atoms with van der Waals surface area (Å²) in [5.74, 6) is 0.414. The van der Waals surface area contributed by atoms with Crippen molar-refractivity contribution in [2.24, 2.45) is 0 Å². The molecule has 29 heavy (non-hydrogen) atoms. The molecule has 0 saturated carbocycles. The minimum atomic E-state index is -1.50. The summed E-state index contributed by atoms with van der Waals surface area (Å²) < 4.78 is 8.87. The fourth-order valence-electron chi connectivity index (χ4n) is 2.25. The maximum absolute atomic E-state index is 8.36. The van der Waals surface area contributed by atoms with Crippen LogP contribution < -0.4 is 0 Å². The fraction of sp³-hybridized carbons (Fsp3) is 0.167. The summed E-state index contributed by atoms with van der Waals surface area (Å²) >= 11 is 17.8. The lowest BCUT2D eigenvalue weighted by Gasteiger charge is -2.28. The van der Waals surface area contributed by atoms with Crippen LogP contribution in [0.3, 0.4) is 0 Å². The van der Waals surface area contributed by atoms with Gasteiger partial charge in [-0.1, -0.05) is 63.0 Å². The topological polar surface area (TPSA) is 90.4 Å². The molecule has 11 heteroatoms. The van der Waals surface area contributed by atoms with Crippen LogP contribution in [0.1, 0.15) is 5.56 Å². The van der Waals surface area contributed by atoms with Crippen LogP contribution in [0, 0.1) is 10.1 Å². The highest BCUT2D eigenvalue weighted by Crippen LogP contribution is 2.32. The molecule has 0 aliphatic rings. The van der Waals surface area contributed by atoms with E-state index in [0.717, 1.165) is 14.9 Å². The Morgan fingerprint density at radius 2 is 1.86 bits per heavy atom. The molecule has 0 spiro atoms. The minimum absolute atomic E-state index is 0.414. The normalized spacial score (nSPS) is 12.5. The Bertz CT molecular complexity index is 894. The number of thioether (sulfide) groups is 1. The van der Waals surface area contributed by atoms with Gasteiger partial charge in [0.25, 0.3) is 5.09 Å². The molecule has 1 unspecified atom stereocenters. The maximum atomic E-state index is 8.36. The zero-order valence-corrected chi connectivity index (χ0v) is 18.7. The van der Waals surface area contributed by atoms with Gasteiger partial charge < -0.3 is 9.94 Å². The Kier molecular flexibility index (Phi) is 9.25. The van der Waals surface area contributed by atoms with Gasteiger partial charge in [0, 0.05) is 33.2 Å². The zero-order valence-electron chi connectivity index (χ0n) is 14.8. The van der Waals surface area contributed by atoms with Crippen molar-refractivity contribution in [3.05, 3.63) is 92.4 Å². The van der Waals surface area contributed by atoms with E-state index in [-0.39, 0.29) is 0 Å². The molecule has 1 N–H and O–H groups in total. The van der Waals surface area contributed by atoms with Crippen molar-refractivity contribution in [2.75, 3.05) is 5.94 Å². The predicted octanol–water partition coefficient (Wildman–Crippen LogP) is 5.81. The summed E-state index contributed by atoms with van der Waals surface area (Å²) in [5, 5.41) is 13.3. The van der Waals surface area contributed by atoms with Crippen LogP contribution >= 0.6 is 50.9 Å². The largest absolute Gasteiger partial charge is 0.330 e. The molecule has 1 aromatic heterocycles. The third-order valence-electron chi connectivity index (χ3n) is 3.54. The number of halogens is 3. The molecule has 0 bridgehead atoms. The van der Waals surface area contributed by atoms with Gasteiger partial charge in [0.1, 0.15) is 5.94 Å². The van der Waals surface area contributed by atoms with Crippen molar-refractivity contribution in [1.82, 2.24) is 9.55 Å². The third-order valence-corrected chi connectivity index (χ3v) is 5.60. The van der Waals surface area contributed by atoms with Gasteiger partial charge in [-0.2, -0.15) is 0 Å². The summed E-state index contributed by atoms with van der Waals surface area (Å²) in [7, 11) is 0. The van der Waals surface area contributed by atoms with E-state index in [1.54, 1.807) is 35.0 Å². The summed E-state index contributed by atoms with van der Waals surface area (Å²) in [6.07, 6.45) is 5.63. The molecule has 1 atom stereocenters. The van der Waals surface area contributed by atoms with Gasteiger partial charge in [0.2, 0.25) is 5.18 Å². The van der Waals surface area contributed by atoms with E-state index in [2.05, 4.69) is 20.9 Å². The first-order valence-corrected chi connectivity index (χ1v) is 10.6. The van der Waals surface area contributed by atoms with E-state index in [1.807, 2.05) is 48.5 Å². The number of benzene rings is 2. The second-order valence-corrected chi connectivity index (χ2v) is 8.50. The Morgan fingerprint density at radius 1 is 1.24 bits per heavy atom. The van der Waals surface area contributed by atoms with Crippen molar-refractivity contribution in [1.29, 1.82) is 0 Å². The van der Waals surface area contributed by atoms with Gasteiger partial charge in [0.05, 0.1) is 6.33 Å². The Labute approximate surface area is 189 Å². The van der Waals surface area contributed by atoms with Crippen molar-refractivity contribution in [3.8, 4) is 0 Å². The molecule has 0 saturated heterocycles. The smallest absolute Gasteiger partial charge is 0.291 e. The number of rotatable bonds is 7. The molecule has 0 fully saturated rings. The molecule has 0 amide bonds. The average molecular weight is 521 g/mol. The second kappa shape index (κ2) is 11.4. The van der Waals surface area contributed by atoms with Gasteiger partial charge in [0.15, 0.2) is 0 Å². The van der Waals surface area contributed by atoms with E-state index in [9.17, 15) is 0 Å². The summed E-state index contributed by atoms with van der Waals surface area (Å²) in [5.41, 5.74) is 1.03. The number of nitrogens with zero attached hydrogens (tertiary/aromatic N) is 3. The van der Waals surface area contributed by atoms with Crippen LogP contribution in [-0.2, 0) is 16.3 Å². The fourth-order valence-corrected chi connectivity index (χ4v) is 3.73. The highest BCUT2D eigenvalue weighted by atomic mass is 79.9. The molecule has 0 radical (unpaired) electrons. The standard InChI is InChI=1S/C18H15BrCl2N2OS.HNO3/c19-15-3-7-17(8-4-15)25-13-24-18(21,23-10-9-22-12-23)11-14-1-5-16(20)6-2-14;2-1(3)4/h1-10,12H,11,13H2;(H,2,3,4). The molecule has 1 heterocycles. The molecule has 154 valence electrons. The average Bonchev–Trinajstić information content (AvgIpc) is 3.21. The number of imidazole rings is 1. The Morgan fingerprint density at radius 3 is 2.41 bits per heavy atom. The molecule has 3 rings (SSSR count). The lowest BCUT2D eigenvalue weighted by Crippen LogP contribution is -2.32. The highest BCUT2D eigenvalue weighted by molar-refractivity contribution is 9.10. The Hall–Kier alpha value is -1.78. The molecule has 7 nitrogen and oxygen atoms in total. The first-order chi connectivity index (χ1) is 13.8. The highest BCUT2D eigenvalue weighted by Gasteiger charge is 2.30.